The number of anilines is 1. The van der Waals surface area contributed by atoms with Crippen LogP contribution >= 0.6 is 15.9 Å². The van der Waals surface area contributed by atoms with Crippen LogP contribution in [-0.4, -0.2) is 5.91 Å². The van der Waals surface area contributed by atoms with Gasteiger partial charge < -0.3 is 10.1 Å². The van der Waals surface area contributed by atoms with Crippen molar-refractivity contribution in [3.63, 3.8) is 0 Å². The Kier molecular flexibility index (Phi) is 6.99. The number of benzene rings is 3. The molecular formula is C24H18BrFN2O2. The van der Waals surface area contributed by atoms with Gasteiger partial charge in [-0.1, -0.05) is 35.9 Å². The van der Waals surface area contributed by atoms with Crippen LogP contribution in [0.1, 0.15) is 16.7 Å². The van der Waals surface area contributed by atoms with Gasteiger partial charge in [0.1, 0.15) is 29.8 Å². The molecule has 6 heteroatoms. The summed E-state index contributed by atoms with van der Waals surface area (Å²) in [5.41, 5.74) is 3.06. The number of nitrogens with zero attached hydrogens (tertiary/aromatic N) is 1. The summed E-state index contributed by atoms with van der Waals surface area (Å²) < 4.78 is 19.6. The minimum atomic E-state index is -0.482. The minimum Gasteiger partial charge on any atom is -0.488 e. The standard InChI is InChI=1S/C24H18BrFN2O2/c1-16-5-8-21(9-6-16)28-24(29)19(14-27)11-17-7-10-23(22(25)13-17)30-15-18-3-2-4-20(26)12-18/h2-13H,15H2,1H3,(H,28,29)/b19-11+. The Labute approximate surface area is 182 Å². The molecule has 0 saturated heterocycles. The van der Waals surface area contributed by atoms with E-state index < -0.39 is 5.91 Å². The van der Waals surface area contributed by atoms with Crippen molar-refractivity contribution in [1.82, 2.24) is 0 Å². The van der Waals surface area contributed by atoms with E-state index in [2.05, 4.69) is 21.2 Å². The molecule has 0 fully saturated rings. The third-order valence-corrected chi connectivity index (χ3v) is 4.84. The topological polar surface area (TPSA) is 62.1 Å². The fourth-order valence-corrected chi connectivity index (χ4v) is 3.17. The number of nitrogens with one attached hydrogen (secondary N) is 1. The highest BCUT2D eigenvalue weighted by atomic mass is 79.9. The quantitative estimate of drug-likeness (QED) is 0.358. The number of hydrogen-bond acceptors (Lipinski definition) is 3. The molecule has 0 unspecified atom stereocenters. The van der Waals surface area contributed by atoms with Gasteiger partial charge in [-0.15, -0.1) is 0 Å². The van der Waals surface area contributed by atoms with Crippen LogP contribution in [0.25, 0.3) is 6.08 Å². The number of halogens is 2. The molecule has 4 nitrogen and oxygen atoms in total. The van der Waals surface area contributed by atoms with Crippen LogP contribution in [0.2, 0.25) is 0 Å². The van der Waals surface area contributed by atoms with E-state index in [1.54, 1.807) is 42.5 Å². The van der Waals surface area contributed by atoms with Crippen LogP contribution in [0, 0.1) is 24.1 Å². The number of nitriles is 1. The van der Waals surface area contributed by atoms with E-state index in [0.717, 1.165) is 5.56 Å². The van der Waals surface area contributed by atoms with Crippen LogP contribution in [0.4, 0.5) is 10.1 Å². The Hall–Kier alpha value is -3.43. The monoisotopic (exact) mass is 464 g/mol. The number of hydrogen-bond donors (Lipinski definition) is 1. The lowest BCUT2D eigenvalue weighted by Gasteiger charge is -2.09. The maximum absolute atomic E-state index is 13.3. The van der Waals surface area contributed by atoms with E-state index in [0.29, 0.717) is 27.0 Å². The highest BCUT2D eigenvalue weighted by Crippen LogP contribution is 2.28. The normalized spacial score (nSPS) is 10.9. The van der Waals surface area contributed by atoms with Crippen LogP contribution < -0.4 is 10.1 Å². The summed E-state index contributed by atoms with van der Waals surface area (Å²) in [6.45, 7) is 2.17. The van der Waals surface area contributed by atoms with Gasteiger partial charge in [-0.25, -0.2) is 4.39 Å². The van der Waals surface area contributed by atoms with Gasteiger partial charge >= 0.3 is 0 Å². The second kappa shape index (κ2) is 9.86. The van der Waals surface area contributed by atoms with Gasteiger partial charge in [0.15, 0.2) is 0 Å². The Morgan fingerprint density at radius 3 is 2.60 bits per heavy atom. The molecule has 1 amide bonds. The average molecular weight is 465 g/mol. The minimum absolute atomic E-state index is 0.0177. The molecule has 0 aliphatic rings. The lowest BCUT2D eigenvalue weighted by atomic mass is 10.1. The number of amides is 1. The molecule has 0 aliphatic heterocycles. The first-order chi connectivity index (χ1) is 14.4. The zero-order valence-corrected chi connectivity index (χ0v) is 17.7. The van der Waals surface area contributed by atoms with Crippen molar-refractivity contribution < 1.29 is 13.9 Å². The smallest absolute Gasteiger partial charge is 0.266 e. The lowest BCUT2D eigenvalue weighted by Crippen LogP contribution is -2.13. The molecule has 30 heavy (non-hydrogen) atoms. The van der Waals surface area contributed by atoms with E-state index in [9.17, 15) is 14.4 Å². The predicted molar refractivity (Wildman–Crippen MR) is 118 cm³/mol. The number of rotatable bonds is 6. The van der Waals surface area contributed by atoms with Gasteiger partial charge in [0, 0.05) is 5.69 Å². The number of aryl methyl sites for hydroxylation is 1. The van der Waals surface area contributed by atoms with Gasteiger partial charge in [-0.3, -0.25) is 4.79 Å². The Bertz CT molecular complexity index is 1130. The molecule has 0 atom stereocenters. The number of carbonyl (C=O) groups excluding carboxylic acids is 1. The molecular weight excluding hydrogens is 447 g/mol. The average Bonchev–Trinajstić information content (AvgIpc) is 2.73. The zero-order chi connectivity index (χ0) is 21.5. The maximum Gasteiger partial charge on any atom is 0.266 e. The SMILES string of the molecule is Cc1ccc(NC(=O)/C(C#N)=C/c2ccc(OCc3cccc(F)c3)c(Br)c2)cc1. The fraction of sp³-hybridized carbons (Fsp3) is 0.0833. The Morgan fingerprint density at radius 1 is 1.17 bits per heavy atom. The van der Waals surface area contributed by atoms with Gasteiger partial charge in [0.25, 0.3) is 5.91 Å². The van der Waals surface area contributed by atoms with Crippen molar-refractivity contribution in [2.24, 2.45) is 0 Å². The van der Waals surface area contributed by atoms with E-state index in [1.165, 1.54) is 18.2 Å². The second-order valence-corrected chi connectivity index (χ2v) is 7.45. The number of ether oxygens (including phenoxy) is 1. The molecule has 0 radical (unpaired) electrons. The summed E-state index contributed by atoms with van der Waals surface area (Å²) in [6.07, 6.45) is 1.50. The van der Waals surface area contributed by atoms with Gasteiger partial charge in [0.05, 0.1) is 4.47 Å². The molecule has 0 aromatic heterocycles. The first-order valence-electron chi connectivity index (χ1n) is 9.11. The van der Waals surface area contributed by atoms with Crippen molar-refractivity contribution in [1.29, 1.82) is 5.26 Å². The largest absolute Gasteiger partial charge is 0.488 e. The van der Waals surface area contributed by atoms with E-state index in [1.807, 2.05) is 25.1 Å². The molecule has 3 aromatic rings. The van der Waals surface area contributed by atoms with Crippen LogP contribution in [0.3, 0.4) is 0 Å². The van der Waals surface area contributed by atoms with Gasteiger partial charge in [0.2, 0.25) is 0 Å². The van der Waals surface area contributed by atoms with E-state index in [-0.39, 0.29) is 18.0 Å². The van der Waals surface area contributed by atoms with Crippen molar-refractivity contribution in [2.45, 2.75) is 13.5 Å². The predicted octanol–water partition coefficient (Wildman–Crippen LogP) is 6.02. The third-order valence-electron chi connectivity index (χ3n) is 4.22. The maximum atomic E-state index is 13.3. The first kappa shape index (κ1) is 21.3. The summed E-state index contributed by atoms with van der Waals surface area (Å²) >= 11 is 3.43. The summed E-state index contributed by atoms with van der Waals surface area (Å²) in [4.78, 5) is 12.4. The van der Waals surface area contributed by atoms with E-state index in [4.69, 9.17) is 4.74 Å². The molecule has 0 aliphatic carbocycles. The Balaban J connectivity index is 1.70. The molecule has 0 heterocycles. The fourth-order valence-electron chi connectivity index (χ4n) is 2.66. The third kappa shape index (κ3) is 5.79. The lowest BCUT2D eigenvalue weighted by molar-refractivity contribution is -0.112. The molecule has 150 valence electrons. The van der Waals surface area contributed by atoms with Crippen LogP contribution in [-0.2, 0) is 11.4 Å². The summed E-state index contributed by atoms with van der Waals surface area (Å²) in [5.74, 6) is -0.230. The highest BCUT2D eigenvalue weighted by Gasteiger charge is 2.10. The van der Waals surface area contributed by atoms with Gasteiger partial charge in [-0.05, 0) is 76.5 Å². The van der Waals surface area contributed by atoms with E-state index >= 15 is 0 Å². The van der Waals surface area contributed by atoms with Crippen molar-refractivity contribution >= 4 is 33.6 Å². The second-order valence-electron chi connectivity index (χ2n) is 6.60. The molecule has 3 rings (SSSR count). The summed E-state index contributed by atoms with van der Waals surface area (Å²) in [5, 5.41) is 12.1. The van der Waals surface area contributed by atoms with Gasteiger partial charge in [-0.2, -0.15) is 5.26 Å². The van der Waals surface area contributed by atoms with Crippen molar-refractivity contribution in [3.05, 3.63) is 99.3 Å². The summed E-state index contributed by atoms with van der Waals surface area (Å²) in [7, 11) is 0. The molecule has 0 saturated carbocycles. The Morgan fingerprint density at radius 2 is 1.93 bits per heavy atom. The zero-order valence-electron chi connectivity index (χ0n) is 16.2. The van der Waals surface area contributed by atoms with Crippen LogP contribution in [0.15, 0.2) is 76.8 Å². The van der Waals surface area contributed by atoms with Crippen LogP contribution in [0.5, 0.6) is 5.75 Å². The molecule has 1 N–H and O–H groups in total. The molecule has 3 aromatic carbocycles. The molecule has 0 bridgehead atoms. The molecule has 0 spiro atoms. The first-order valence-corrected chi connectivity index (χ1v) is 9.90. The summed E-state index contributed by atoms with van der Waals surface area (Å²) in [6, 6.07) is 20.7. The number of carbonyl (C=O) groups is 1. The van der Waals surface area contributed by atoms with Crippen molar-refractivity contribution in [2.75, 3.05) is 5.32 Å². The van der Waals surface area contributed by atoms with Crippen molar-refractivity contribution in [3.8, 4) is 11.8 Å². The highest BCUT2D eigenvalue weighted by molar-refractivity contribution is 9.10.